The molecule has 8 heteroatoms. The van der Waals surface area contributed by atoms with Gasteiger partial charge in [0.05, 0.1) is 0 Å². The van der Waals surface area contributed by atoms with Crippen molar-refractivity contribution in [3.05, 3.63) is 77.4 Å². The van der Waals surface area contributed by atoms with Gasteiger partial charge in [-0.05, 0) is 12.1 Å². The number of esters is 1. The Morgan fingerprint density at radius 2 is 1.81 bits per heavy atom. The molecule has 0 aliphatic carbocycles. The number of carbonyl (C=O) groups is 2. The number of aromatic nitrogens is 2. The first kappa shape index (κ1) is 18.1. The number of ether oxygens (including phenoxy) is 2. The van der Waals surface area contributed by atoms with Crippen molar-refractivity contribution in [3.63, 3.8) is 0 Å². The fraction of sp³-hybridized carbons (Fsp3) is 0.158. The van der Waals surface area contributed by atoms with E-state index in [1.165, 1.54) is 6.07 Å². The quantitative estimate of drug-likeness (QED) is 0.637. The molecule has 0 saturated heterocycles. The van der Waals surface area contributed by atoms with E-state index >= 15 is 0 Å². The maximum Gasteiger partial charge on any atom is 0.343 e. The second kappa shape index (κ2) is 8.13. The van der Waals surface area contributed by atoms with Crippen LogP contribution in [0.3, 0.4) is 0 Å². The van der Waals surface area contributed by atoms with Crippen LogP contribution < -0.4 is 10.5 Å². The molecule has 1 heterocycles. The summed E-state index contributed by atoms with van der Waals surface area (Å²) >= 11 is 0. The molecule has 0 aliphatic rings. The van der Waals surface area contributed by atoms with Crippen molar-refractivity contribution in [2.45, 2.75) is 19.6 Å². The second-order valence-electron chi connectivity index (χ2n) is 5.61. The van der Waals surface area contributed by atoms with Crippen molar-refractivity contribution in [2.75, 3.05) is 0 Å². The van der Waals surface area contributed by atoms with Gasteiger partial charge in [0.2, 0.25) is 17.8 Å². The molecule has 0 unspecified atom stereocenters. The van der Waals surface area contributed by atoms with Crippen molar-refractivity contribution in [1.82, 2.24) is 10.1 Å². The van der Waals surface area contributed by atoms with Crippen molar-refractivity contribution in [2.24, 2.45) is 5.73 Å². The molecule has 8 nitrogen and oxygen atoms in total. The normalized spacial score (nSPS) is 11.6. The smallest absolute Gasteiger partial charge is 0.343 e. The average Bonchev–Trinajstić information content (AvgIpc) is 3.10. The summed E-state index contributed by atoms with van der Waals surface area (Å²) in [5.74, 6) is -0.484. The first-order chi connectivity index (χ1) is 13.0. The number of carbonyl (C=O) groups excluding carboxylic acids is 2. The third kappa shape index (κ3) is 4.49. The maximum atomic E-state index is 12.6. The fourth-order valence-corrected chi connectivity index (χ4v) is 2.39. The van der Waals surface area contributed by atoms with Gasteiger partial charge in [0, 0.05) is 12.5 Å². The Balaban J connectivity index is 1.77. The van der Waals surface area contributed by atoms with Crippen molar-refractivity contribution >= 4 is 11.9 Å². The van der Waals surface area contributed by atoms with Crippen LogP contribution in [-0.2, 0) is 16.1 Å². The Hall–Kier alpha value is -3.68. The van der Waals surface area contributed by atoms with Crippen LogP contribution in [0.1, 0.15) is 33.7 Å². The molecule has 1 aromatic heterocycles. The van der Waals surface area contributed by atoms with E-state index in [1.807, 2.05) is 0 Å². The summed E-state index contributed by atoms with van der Waals surface area (Å²) in [6.07, 6.45) is -1.20. The Morgan fingerprint density at radius 1 is 1.11 bits per heavy atom. The lowest BCUT2D eigenvalue weighted by atomic mass is 10.1. The number of amides is 1. The van der Waals surface area contributed by atoms with Crippen LogP contribution in [0, 0.1) is 6.92 Å². The van der Waals surface area contributed by atoms with Crippen molar-refractivity contribution in [3.8, 4) is 5.75 Å². The van der Waals surface area contributed by atoms with Crippen LogP contribution in [0.25, 0.3) is 0 Å². The van der Waals surface area contributed by atoms with Gasteiger partial charge in [-0.25, -0.2) is 4.79 Å². The van der Waals surface area contributed by atoms with Crippen LogP contribution in [-0.4, -0.2) is 22.0 Å². The van der Waals surface area contributed by atoms with Crippen LogP contribution in [0.4, 0.5) is 0 Å². The number of aryl methyl sites for hydroxylation is 1. The van der Waals surface area contributed by atoms with Gasteiger partial charge in [0.1, 0.15) is 11.3 Å². The zero-order valence-corrected chi connectivity index (χ0v) is 14.5. The molecular weight excluding hydrogens is 350 g/mol. The van der Waals surface area contributed by atoms with Gasteiger partial charge in [-0.2, -0.15) is 4.98 Å². The predicted molar refractivity (Wildman–Crippen MR) is 93.6 cm³/mol. The highest BCUT2D eigenvalue weighted by Gasteiger charge is 2.25. The Kier molecular flexibility index (Phi) is 5.46. The van der Waals surface area contributed by atoms with Gasteiger partial charge in [0.15, 0.2) is 6.61 Å². The molecule has 0 bridgehead atoms. The second-order valence-corrected chi connectivity index (χ2v) is 5.61. The fourth-order valence-electron chi connectivity index (χ4n) is 2.39. The lowest BCUT2D eigenvalue weighted by Crippen LogP contribution is -2.26. The largest absolute Gasteiger partial charge is 0.485 e. The summed E-state index contributed by atoms with van der Waals surface area (Å²) in [6, 6.07) is 15.0. The Bertz CT molecular complexity index is 939. The average molecular weight is 367 g/mol. The first-order valence-corrected chi connectivity index (χ1v) is 8.11. The van der Waals surface area contributed by atoms with Crippen molar-refractivity contribution < 1.29 is 23.6 Å². The number of primary amides is 1. The number of rotatable bonds is 7. The minimum absolute atomic E-state index is 0.0135. The van der Waals surface area contributed by atoms with E-state index in [1.54, 1.807) is 55.5 Å². The molecule has 0 saturated carbocycles. The molecule has 138 valence electrons. The van der Waals surface area contributed by atoms with Gasteiger partial charge in [-0.3, -0.25) is 4.79 Å². The maximum absolute atomic E-state index is 12.6. The molecule has 3 aromatic rings. The van der Waals surface area contributed by atoms with E-state index in [-0.39, 0.29) is 17.9 Å². The summed E-state index contributed by atoms with van der Waals surface area (Å²) in [7, 11) is 0. The topological polar surface area (TPSA) is 118 Å². The summed E-state index contributed by atoms with van der Waals surface area (Å²) in [6.45, 7) is 1.68. The Morgan fingerprint density at radius 3 is 2.48 bits per heavy atom. The summed E-state index contributed by atoms with van der Waals surface area (Å²) in [5.41, 5.74) is 6.03. The molecule has 0 fully saturated rings. The van der Waals surface area contributed by atoms with Crippen molar-refractivity contribution in [1.29, 1.82) is 0 Å². The first-order valence-electron chi connectivity index (χ1n) is 8.11. The number of hydrogen-bond donors (Lipinski definition) is 1. The van der Waals surface area contributed by atoms with E-state index < -0.39 is 18.0 Å². The van der Waals surface area contributed by atoms with Crippen LogP contribution in [0.5, 0.6) is 5.75 Å². The van der Waals surface area contributed by atoms with E-state index in [9.17, 15) is 9.59 Å². The van der Waals surface area contributed by atoms with E-state index in [0.29, 0.717) is 17.3 Å². The number of hydrogen-bond acceptors (Lipinski definition) is 7. The van der Waals surface area contributed by atoms with Crippen LogP contribution >= 0.6 is 0 Å². The molecule has 0 aliphatic heterocycles. The monoisotopic (exact) mass is 367 g/mol. The number of nitrogens with two attached hydrogens (primary N) is 1. The minimum atomic E-state index is -1.20. The molecule has 2 aromatic carbocycles. The number of para-hydroxylation sites is 1. The van der Waals surface area contributed by atoms with Gasteiger partial charge >= 0.3 is 5.97 Å². The molecule has 2 N–H and O–H groups in total. The van der Waals surface area contributed by atoms with Gasteiger partial charge in [-0.1, -0.05) is 47.6 Å². The van der Waals surface area contributed by atoms with Crippen LogP contribution in [0.2, 0.25) is 0 Å². The number of benzene rings is 2. The third-order valence-corrected chi connectivity index (χ3v) is 3.62. The highest BCUT2D eigenvalue weighted by Crippen LogP contribution is 2.24. The predicted octanol–water partition coefficient (Wildman–Crippen LogP) is 2.34. The molecule has 0 radical (unpaired) electrons. The lowest BCUT2D eigenvalue weighted by molar-refractivity contribution is -0.127. The standard InChI is InChI=1S/C19H17N3O5/c1-12-21-16(22-27-12)11-25-15-10-6-5-9-14(15)19(24)26-17(18(20)23)13-7-3-2-4-8-13/h2-10,17H,11H2,1H3,(H2,20,23)/t17-/m0/s1. The summed E-state index contributed by atoms with van der Waals surface area (Å²) in [5, 5.41) is 3.73. The SMILES string of the molecule is Cc1nc(COc2ccccc2C(=O)O[C@H](C(N)=O)c2ccccc2)no1. The summed E-state index contributed by atoms with van der Waals surface area (Å²) in [4.78, 5) is 28.4. The Labute approximate surface area is 154 Å². The van der Waals surface area contributed by atoms with Gasteiger partial charge < -0.3 is 19.7 Å². The molecular formula is C19H17N3O5. The van der Waals surface area contributed by atoms with E-state index in [2.05, 4.69) is 10.1 Å². The molecule has 1 atom stereocenters. The minimum Gasteiger partial charge on any atom is -0.485 e. The van der Waals surface area contributed by atoms with E-state index in [0.717, 1.165) is 0 Å². The highest BCUT2D eigenvalue weighted by molar-refractivity contribution is 5.94. The lowest BCUT2D eigenvalue weighted by Gasteiger charge is -2.16. The van der Waals surface area contributed by atoms with E-state index in [4.69, 9.17) is 19.7 Å². The molecule has 1 amide bonds. The molecule has 27 heavy (non-hydrogen) atoms. The number of nitrogens with zero attached hydrogens (tertiary/aromatic N) is 2. The van der Waals surface area contributed by atoms with Crippen LogP contribution in [0.15, 0.2) is 59.1 Å². The highest BCUT2D eigenvalue weighted by atomic mass is 16.6. The summed E-state index contributed by atoms with van der Waals surface area (Å²) < 4.78 is 15.8. The zero-order valence-electron chi connectivity index (χ0n) is 14.5. The zero-order chi connectivity index (χ0) is 19.2. The molecule has 0 spiro atoms. The van der Waals surface area contributed by atoms with Gasteiger partial charge in [-0.15, -0.1) is 0 Å². The third-order valence-electron chi connectivity index (χ3n) is 3.62. The van der Waals surface area contributed by atoms with Gasteiger partial charge in [0.25, 0.3) is 5.91 Å². The molecule has 3 rings (SSSR count).